The minimum absolute atomic E-state index is 0.127. The molecule has 0 aliphatic carbocycles. The molecule has 0 fully saturated rings. The number of aromatic nitrogens is 4. The normalized spacial score (nSPS) is 13.3. The molecule has 0 radical (unpaired) electrons. The molecule has 0 saturated heterocycles. The molecule has 4 aromatic rings. The zero-order valence-electron chi connectivity index (χ0n) is 16.7. The quantitative estimate of drug-likeness (QED) is 0.464. The van der Waals surface area contributed by atoms with E-state index < -0.39 is 0 Å². The maximum Gasteiger partial charge on any atom is 0.272 e. The summed E-state index contributed by atoms with van der Waals surface area (Å²) in [7, 11) is 0. The average molecular weight is 400 g/mol. The predicted octanol–water partition coefficient (Wildman–Crippen LogP) is 2.43. The Kier molecular flexibility index (Phi) is 5.03. The molecule has 152 valence electrons. The number of fused-ring (bicyclic) bond motifs is 2. The van der Waals surface area contributed by atoms with Gasteiger partial charge in [-0.05, 0) is 17.7 Å². The van der Waals surface area contributed by atoms with Gasteiger partial charge in [-0.3, -0.25) is 9.48 Å². The number of carbonyl (C=O) groups excluding carboxylic acids is 1. The molecule has 1 aliphatic heterocycles. The number of benzene rings is 2. The third-order valence-electron chi connectivity index (χ3n) is 5.48. The lowest BCUT2D eigenvalue weighted by Gasteiger charge is -2.15. The summed E-state index contributed by atoms with van der Waals surface area (Å²) in [6.07, 6.45) is 1.52. The lowest BCUT2D eigenvalue weighted by Crippen LogP contribution is -2.29. The van der Waals surface area contributed by atoms with Crippen LogP contribution in [0, 0.1) is 0 Å². The van der Waals surface area contributed by atoms with Crippen LogP contribution in [0.3, 0.4) is 0 Å². The van der Waals surface area contributed by atoms with Crippen molar-refractivity contribution in [2.24, 2.45) is 0 Å². The van der Waals surface area contributed by atoms with Crippen LogP contribution >= 0.6 is 0 Å². The fourth-order valence-electron chi connectivity index (χ4n) is 3.99. The van der Waals surface area contributed by atoms with Gasteiger partial charge in [0.25, 0.3) is 5.91 Å². The molecule has 0 bridgehead atoms. The van der Waals surface area contributed by atoms with Crippen molar-refractivity contribution < 1.29 is 4.79 Å². The van der Waals surface area contributed by atoms with Crippen LogP contribution in [0.15, 0.2) is 54.6 Å². The van der Waals surface area contributed by atoms with Crippen molar-refractivity contribution in [3.8, 4) is 0 Å². The van der Waals surface area contributed by atoms with Gasteiger partial charge in [0, 0.05) is 43.7 Å². The van der Waals surface area contributed by atoms with E-state index in [0.717, 1.165) is 41.1 Å². The van der Waals surface area contributed by atoms with Crippen LogP contribution in [0.4, 0.5) is 0 Å². The number of H-pyrrole nitrogens is 1. The molecule has 0 atom stereocenters. The average Bonchev–Trinajstić information content (AvgIpc) is 3.36. The summed E-state index contributed by atoms with van der Waals surface area (Å²) in [6.45, 7) is 2.76. The van der Waals surface area contributed by atoms with Gasteiger partial charge in [0.2, 0.25) is 0 Å². The second kappa shape index (κ2) is 8.12. The molecular weight excluding hydrogens is 376 g/mol. The molecule has 0 saturated carbocycles. The van der Waals surface area contributed by atoms with E-state index in [0.29, 0.717) is 31.7 Å². The topological polar surface area (TPSA) is 87.6 Å². The Morgan fingerprint density at radius 3 is 2.80 bits per heavy atom. The highest BCUT2D eigenvalue weighted by molar-refractivity contribution is 5.94. The van der Waals surface area contributed by atoms with E-state index >= 15 is 0 Å². The second-order valence-corrected chi connectivity index (χ2v) is 7.55. The van der Waals surface area contributed by atoms with E-state index in [1.54, 1.807) is 0 Å². The molecule has 2 aromatic carbocycles. The molecule has 5 rings (SSSR count). The van der Waals surface area contributed by atoms with E-state index in [9.17, 15) is 4.79 Å². The Labute approximate surface area is 174 Å². The van der Waals surface area contributed by atoms with E-state index in [-0.39, 0.29) is 5.91 Å². The number of nitrogens with one attached hydrogen (secondary N) is 3. The van der Waals surface area contributed by atoms with E-state index in [1.807, 2.05) is 47.1 Å². The Bertz CT molecular complexity index is 1140. The first-order valence-electron chi connectivity index (χ1n) is 10.3. The largest absolute Gasteiger partial charge is 0.350 e. The summed E-state index contributed by atoms with van der Waals surface area (Å²) in [5.41, 5.74) is 5.83. The molecule has 1 amide bonds. The first-order chi connectivity index (χ1) is 14.8. The lowest BCUT2D eigenvalue weighted by molar-refractivity contribution is 0.0947. The van der Waals surface area contributed by atoms with Crippen molar-refractivity contribution >= 4 is 16.9 Å². The first-order valence-corrected chi connectivity index (χ1v) is 10.3. The summed E-state index contributed by atoms with van der Waals surface area (Å²) in [6, 6.07) is 18.2. The maximum absolute atomic E-state index is 12.9. The Morgan fingerprint density at radius 2 is 1.93 bits per heavy atom. The monoisotopic (exact) mass is 400 g/mol. The van der Waals surface area contributed by atoms with Crippen molar-refractivity contribution in [1.29, 1.82) is 0 Å². The van der Waals surface area contributed by atoms with Crippen LogP contribution in [0.1, 0.15) is 33.1 Å². The van der Waals surface area contributed by atoms with Crippen LogP contribution in [-0.2, 0) is 25.9 Å². The molecule has 1 aliphatic rings. The summed E-state index contributed by atoms with van der Waals surface area (Å²) in [4.78, 5) is 20.8. The number of aromatic amines is 1. The summed E-state index contributed by atoms with van der Waals surface area (Å²) in [5.74, 6) is 0.743. The number of para-hydroxylation sites is 2. The van der Waals surface area contributed by atoms with E-state index in [1.165, 1.54) is 5.56 Å². The summed E-state index contributed by atoms with van der Waals surface area (Å²) in [5, 5.41) is 11.1. The van der Waals surface area contributed by atoms with Crippen molar-refractivity contribution in [2.45, 2.75) is 25.9 Å². The van der Waals surface area contributed by atoms with Gasteiger partial charge in [-0.25, -0.2) is 4.98 Å². The minimum atomic E-state index is -0.127. The van der Waals surface area contributed by atoms with E-state index in [4.69, 9.17) is 0 Å². The molecule has 0 spiro atoms. The fourth-order valence-corrected chi connectivity index (χ4v) is 3.99. The second-order valence-electron chi connectivity index (χ2n) is 7.55. The van der Waals surface area contributed by atoms with Gasteiger partial charge in [-0.2, -0.15) is 5.10 Å². The number of amides is 1. The third-order valence-corrected chi connectivity index (χ3v) is 5.48. The van der Waals surface area contributed by atoms with Gasteiger partial charge in [0.05, 0.1) is 17.6 Å². The van der Waals surface area contributed by atoms with Crippen molar-refractivity contribution in [1.82, 2.24) is 30.4 Å². The van der Waals surface area contributed by atoms with Crippen molar-refractivity contribution in [2.75, 3.05) is 13.1 Å². The summed E-state index contributed by atoms with van der Waals surface area (Å²) >= 11 is 0. The highest BCUT2D eigenvalue weighted by Gasteiger charge is 2.24. The van der Waals surface area contributed by atoms with Gasteiger partial charge in [-0.15, -0.1) is 0 Å². The van der Waals surface area contributed by atoms with Gasteiger partial charge in [-0.1, -0.05) is 42.5 Å². The standard InChI is InChI=1S/C23H24N6O/c30-23(25-13-11-21-26-18-8-4-5-9-19(18)27-21)22-17-14-24-12-10-20(17)29(28-22)15-16-6-2-1-3-7-16/h1-9,24H,10-15H2,(H,25,30)(H,26,27). The van der Waals surface area contributed by atoms with Crippen LogP contribution in [-0.4, -0.2) is 38.7 Å². The van der Waals surface area contributed by atoms with Gasteiger partial charge in [0.1, 0.15) is 5.82 Å². The Hall–Kier alpha value is -3.45. The smallest absolute Gasteiger partial charge is 0.272 e. The number of imidazole rings is 1. The van der Waals surface area contributed by atoms with Crippen molar-refractivity contribution in [3.05, 3.63) is 82.9 Å². The zero-order chi connectivity index (χ0) is 20.3. The highest BCUT2D eigenvalue weighted by Crippen LogP contribution is 2.20. The molecular formula is C23H24N6O. The molecule has 2 aromatic heterocycles. The molecule has 3 heterocycles. The number of hydrogen-bond acceptors (Lipinski definition) is 4. The number of rotatable bonds is 6. The van der Waals surface area contributed by atoms with Gasteiger partial charge < -0.3 is 15.6 Å². The van der Waals surface area contributed by atoms with Crippen LogP contribution < -0.4 is 10.6 Å². The summed E-state index contributed by atoms with van der Waals surface area (Å²) < 4.78 is 1.99. The van der Waals surface area contributed by atoms with Crippen LogP contribution in [0.2, 0.25) is 0 Å². The SMILES string of the molecule is O=C(NCCc1nc2ccccc2[nH]1)c1nn(Cc2ccccc2)c2c1CNCC2. The maximum atomic E-state index is 12.9. The van der Waals surface area contributed by atoms with E-state index in [2.05, 4.69) is 37.8 Å². The predicted molar refractivity (Wildman–Crippen MR) is 115 cm³/mol. The Morgan fingerprint density at radius 1 is 1.10 bits per heavy atom. The van der Waals surface area contributed by atoms with Gasteiger partial charge in [0.15, 0.2) is 5.69 Å². The minimum Gasteiger partial charge on any atom is -0.350 e. The van der Waals surface area contributed by atoms with Crippen molar-refractivity contribution in [3.63, 3.8) is 0 Å². The first kappa shape index (κ1) is 18.6. The lowest BCUT2D eigenvalue weighted by atomic mass is 10.1. The molecule has 7 heteroatoms. The molecule has 7 nitrogen and oxygen atoms in total. The molecule has 0 unspecified atom stereocenters. The Balaban J connectivity index is 1.29. The van der Waals surface area contributed by atoms with Crippen LogP contribution in [0.25, 0.3) is 11.0 Å². The highest BCUT2D eigenvalue weighted by atomic mass is 16.1. The zero-order valence-corrected chi connectivity index (χ0v) is 16.7. The number of nitrogens with zero attached hydrogens (tertiary/aromatic N) is 3. The molecule has 3 N–H and O–H groups in total. The number of carbonyl (C=O) groups is 1. The number of hydrogen-bond donors (Lipinski definition) is 3. The van der Waals surface area contributed by atoms with Gasteiger partial charge >= 0.3 is 0 Å². The van der Waals surface area contributed by atoms with Crippen LogP contribution in [0.5, 0.6) is 0 Å². The fraction of sp³-hybridized carbons (Fsp3) is 0.261. The molecule has 30 heavy (non-hydrogen) atoms. The third kappa shape index (κ3) is 3.71.